The molecule has 0 radical (unpaired) electrons. The minimum Gasteiger partial charge on any atom is -0.349 e. The number of hydrogen-bond acceptors (Lipinski definition) is 4. The Bertz CT molecular complexity index is 825. The van der Waals surface area contributed by atoms with E-state index < -0.39 is 12.7 Å². The van der Waals surface area contributed by atoms with Gasteiger partial charge in [-0.3, -0.25) is 4.79 Å². The Labute approximate surface area is 146 Å². The van der Waals surface area contributed by atoms with E-state index in [1.807, 2.05) is 7.05 Å². The minimum atomic E-state index is -4.43. The zero-order valence-corrected chi connectivity index (χ0v) is 14.4. The van der Waals surface area contributed by atoms with Crippen LogP contribution in [0, 0.1) is 11.3 Å². The normalized spacial score (nSPS) is 16.9. The summed E-state index contributed by atoms with van der Waals surface area (Å²) in [7, 11) is 2.02. The van der Waals surface area contributed by atoms with Crippen molar-refractivity contribution < 1.29 is 18.0 Å². The number of thiophene rings is 1. The fourth-order valence-corrected chi connectivity index (χ4v) is 4.10. The molecule has 0 aliphatic carbocycles. The van der Waals surface area contributed by atoms with Gasteiger partial charge in [0.25, 0.3) is 5.91 Å². The van der Waals surface area contributed by atoms with Crippen LogP contribution in [-0.4, -0.2) is 47.7 Å². The summed E-state index contributed by atoms with van der Waals surface area (Å²) in [5.74, 6) is -0.297. The van der Waals surface area contributed by atoms with Crippen molar-refractivity contribution in [3.63, 3.8) is 0 Å². The van der Waals surface area contributed by atoms with Gasteiger partial charge in [-0.2, -0.15) is 18.4 Å². The fourth-order valence-electron chi connectivity index (χ4n) is 3.05. The second-order valence-corrected chi connectivity index (χ2v) is 7.12. The Hall–Kier alpha value is -2.05. The van der Waals surface area contributed by atoms with E-state index in [-0.39, 0.29) is 17.6 Å². The standard InChI is InChI=1S/C16H17F3N4OS/c1-22-4-2-10(3-5-22)21-14(24)13-8-25-15-12(13)6-11(7-20)23(15)9-16(17,18)19/h6,8,10H,2-5,9H2,1H3,(H,21,24). The topological polar surface area (TPSA) is 61.1 Å². The van der Waals surface area contributed by atoms with Crippen LogP contribution in [0.15, 0.2) is 11.4 Å². The molecule has 1 aliphatic rings. The second kappa shape index (κ2) is 6.69. The van der Waals surface area contributed by atoms with Gasteiger partial charge in [-0.05, 0) is 39.0 Å². The Morgan fingerprint density at radius 3 is 2.72 bits per heavy atom. The highest BCUT2D eigenvalue weighted by Crippen LogP contribution is 2.32. The number of hydrogen-bond donors (Lipinski definition) is 1. The van der Waals surface area contributed by atoms with Gasteiger partial charge in [0, 0.05) is 16.8 Å². The molecular formula is C16H17F3N4OS. The molecule has 0 aromatic carbocycles. The number of carbonyl (C=O) groups is 1. The molecule has 1 saturated heterocycles. The Balaban J connectivity index is 1.85. The number of rotatable bonds is 3. The van der Waals surface area contributed by atoms with Gasteiger partial charge in [0.15, 0.2) is 0 Å². The van der Waals surface area contributed by atoms with Crippen molar-refractivity contribution in [3.8, 4) is 6.07 Å². The van der Waals surface area contributed by atoms with Gasteiger partial charge in [0.1, 0.15) is 23.1 Å². The third-order valence-corrected chi connectivity index (χ3v) is 5.39. The first kappa shape index (κ1) is 17.8. The van der Waals surface area contributed by atoms with Crippen molar-refractivity contribution in [2.24, 2.45) is 0 Å². The smallest absolute Gasteiger partial charge is 0.349 e. The molecule has 134 valence electrons. The summed E-state index contributed by atoms with van der Waals surface area (Å²) < 4.78 is 39.2. The summed E-state index contributed by atoms with van der Waals surface area (Å²) in [5, 5.41) is 14.0. The maximum atomic E-state index is 12.8. The molecule has 1 fully saturated rings. The predicted molar refractivity (Wildman–Crippen MR) is 88.6 cm³/mol. The molecule has 0 saturated carbocycles. The number of likely N-dealkylation sites (tertiary alicyclic amines) is 1. The lowest BCUT2D eigenvalue weighted by molar-refractivity contribution is -0.139. The number of nitrogens with zero attached hydrogens (tertiary/aromatic N) is 3. The lowest BCUT2D eigenvalue weighted by atomic mass is 10.1. The van der Waals surface area contributed by atoms with Crippen LogP contribution in [0.2, 0.25) is 0 Å². The average Bonchev–Trinajstić information content (AvgIpc) is 3.08. The molecule has 2 aromatic heterocycles. The number of fused-ring (bicyclic) bond motifs is 1. The van der Waals surface area contributed by atoms with Gasteiger partial charge in [0.05, 0.1) is 5.56 Å². The van der Waals surface area contributed by atoms with Gasteiger partial charge in [0.2, 0.25) is 0 Å². The van der Waals surface area contributed by atoms with Gasteiger partial charge in [-0.1, -0.05) is 0 Å². The molecule has 3 heterocycles. The monoisotopic (exact) mass is 370 g/mol. The highest BCUT2D eigenvalue weighted by molar-refractivity contribution is 7.17. The number of aromatic nitrogens is 1. The maximum Gasteiger partial charge on any atom is 0.406 e. The molecule has 0 atom stereocenters. The zero-order valence-electron chi connectivity index (χ0n) is 13.6. The lowest BCUT2D eigenvalue weighted by Crippen LogP contribution is -2.43. The van der Waals surface area contributed by atoms with Crippen LogP contribution in [0.25, 0.3) is 10.2 Å². The van der Waals surface area contributed by atoms with Gasteiger partial charge >= 0.3 is 6.18 Å². The van der Waals surface area contributed by atoms with E-state index in [1.165, 1.54) is 6.07 Å². The first-order valence-electron chi connectivity index (χ1n) is 7.85. The minimum absolute atomic E-state index is 0.0614. The predicted octanol–water partition coefficient (Wildman–Crippen LogP) is 2.96. The molecule has 25 heavy (non-hydrogen) atoms. The number of piperidine rings is 1. The van der Waals surface area contributed by atoms with Crippen molar-refractivity contribution in [2.45, 2.75) is 31.6 Å². The first-order chi connectivity index (χ1) is 11.8. The number of amides is 1. The summed E-state index contributed by atoms with van der Waals surface area (Å²) in [4.78, 5) is 15.0. The molecule has 1 amide bonds. The number of carbonyl (C=O) groups excluding carboxylic acids is 1. The summed E-state index contributed by atoms with van der Waals surface area (Å²) in [6.07, 6.45) is -2.75. The Morgan fingerprint density at radius 2 is 2.12 bits per heavy atom. The third-order valence-electron chi connectivity index (χ3n) is 4.38. The van der Waals surface area contributed by atoms with E-state index >= 15 is 0 Å². The number of nitriles is 1. The molecule has 0 unspecified atom stereocenters. The molecule has 3 rings (SSSR count). The molecule has 0 spiro atoms. The number of halogens is 3. The zero-order chi connectivity index (χ0) is 18.2. The summed E-state index contributed by atoms with van der Waals surface area (Å²) in [5.41, 5.74) is 0.240. The Morgan fingerprint density at radius 1 is 1.44 bits per heavy atom. The Kier molecular flexibility index (Phi) is 4.75. The molecule has 5 nitrogen and oxygen atoms in total. The van der Waals surface area contributed by atoms with Gasteiger partial charge < -0.3 is 14.8 Å². The third kappa shape index (κ3) is 3.80. The molecule has 0 bridgehead atoms. The van der Waals surface area contributed by atoms with Crippen molar-refractivity contribution in [2.75, 3.05) is 20.1 Å². The molecular weight excluding hydrogens is 353 g/mol. The quantitative estimate of drug-likeness (QED) is 0.904. The molecule has 2 aromatic rings. The van der Waals surface area contributed by atoms with Crippen LogP contribution in [0.3, 0.4) is 0 Å². The van der Waals surface area contributed by atoms with Crippen molar-refractivity contribution in [1.29, 1.82) is 5.26 Å². The van der Waals surface area contributed by atoms with E-state index in [1.54, 1.807) is 11.4 Å². The van der Waals surface area contributed by atoms with Crippen LogP contribution in [0.5, 0.6) is 0 Å². The van der Waals surface area contributed by atoms with Crippen LogP contribution in [0.1, 0.15) is 28.9 Å². The van der Waals surface area contributed by atoms with Gasteiger partial charge in [-0.15, -0.1) is 11.3 Å². The van der Waals surface area contributed by atoms with Crippen LogP contribution in [0.4, 0.5) is 13.2 Å². The molecule has 1 N–H and O–H groups in total. The second-order valence-electron chi connectivity index (χ2n) is 6.26. The van der Waals surface area contributed by atoms with E-state index in [0.29, 0.717) is 15.8 Å². The first-order valence-corrected chi connectivity index (χ1v) is 8.73. The van der Waals surface area contributed by atoms with E-state index in [4.69, 9.17) is 5.26 Å². The summed E-state index contributed by atoms with van der Waals surface area (Å²) in [6, 6.07) is 3.20. The van der Waals surface area contributed by atoms with Gasteiger partial charge in [-0.25, -0.2) is 0 Å². The van der Waals surface area contributed by atoms with Crippen LogP contribution in [-0.2, 0) is 6.54 Å². The van der Waals surface area contributed by atoms with E-state index in [9.17, 15) is 18.0 Å². The largest absolute Gasteiger partial charge is 0.406 e. The fraction of sp³-hybridized carbons (Fsp3) is 0.500. The van der Waals surface area contributed by atoms with Crippen molar-refractivity contribution in [3.05, 3.63) is 22.7 Å². The van der Waals surface area contributed by atoms with Crippen molar-refractivity contribution >= 4 is 27.5 Å². The highest BCUT2D eigenvalue weighted by Gasteiger charge is 2.31. The SMILES string of the molecule is CN1CCC(NC(=O)c2csc3c2cc(C#N)n3CC(F)(F)F)CC1. The molecule has 1 aliphatic heterocycles. The van der Waals surface area contributed by atoms with Crippen LogP contribution < -0.4 is 5.32 Å². The summed E-state index contributed by atoms with van der Waals surface area (Å²) in [6.45, 7) is 0.547. The van der Waals surface area contributed by atoms with Crippen LogP contribution >= 0.6 is 11.3 Å². The lowest BCUT2D eigenvalue weighted by Gasteiger charge is -2.29. The average molecular weight is 370 g/mol. The summed E-state index contributed by atoms with van der Waals surface area (Å²) >= 11 is 1.05. The van der Waals surface area contributed by atoms with E-state index in [2.05, 4.69) is 10.2 Å². The highest BCUT2D eigenvalue weighted by atomic mass is 32.1. The maximum absolute atomic E-state index is 12.8. The van der Waals surface area contributed by atoms with E-state index in [0.717, 1.165) is 41.8 Å². The van der Waals surface area contributed by atoms with Crippen molar-refractivity contribution in [1.82, 2.24) is 14.8 Å². The number of alkyl halides is 3. The number of nitrogens with one attached hydrogen (secondary N) is 1. The molecule has 9 heteroatoms.